The van der Waals surface area contributed by atoms with E-state index in [1.165, 1.54) is 0 Å². The predicted molar refractivity (Wildman–Crippen MR) is 79.7 cm³/mol. The maximum Gasteiger partial charge on any atom is 0.219 e. The van der Waals surface area contributed by atoms with Gasteiger partial charge in [-0.15, -0.1) is 0 Å². The standard InChI is InChI=1S/C15H18N4O2/c16-19-13-9-14(21-10-12-7-4-8-20-12)18-15(17-13)11-5-2-1-3-6-11/h1-3,5-6,9,12H,4,7-8,10,16H2,(H,17,18,19). The van der Waals surface area contributed by atoms with Crippen LogP contribution < -0.4 is 16.0 Å². The van der Waals surface area contributed by atoms with Gasteiger partial charge in [-0.1, -0.05) is 30.3 Å². The highest BCUT2D eigenvalue weighted by atomic mass is 16.5. The second-order valence-electron chi connectivity index (χ2n) is 4.87. The van der Waals surface area contributed by atoms with Crippen molar-refractivity contribution in [3.8, 4) is 17.3 Å². The molecule has 6 nitrogen and oxygen atoms in total. The average Bonchev–Trinajstić information content (AvgIpc) is 3.07. The molecule has 1 atom stereocenters. The SMILES string of the molecule is NNc1cc(OCC2CCCO2)nc(-c2ccccc2)n1. The molecule has 0 saturated carbocycles. The molecule has 1 aliphatic rings. The molecule has 1 fully saturated rings. The van der Waals surface area contributed by atoms with Crippen LogP contribution in [0, 0.1) is 0 Å². The highest BCUT2D eigenvalue weighted by Gasteiger charge is 2.17. The smallest absolute Gasteiger partial charge is 0.219 e. The van der Waals surface area contributed by atoms with Crippen LogP contribution in [0.4, 0.5) is 5.82 Å². The Morgan fingerprint density at radius 1 is 1.29 bits per heavy atom. The zero-order chi connectivity index (χ0) is 14.5. The third-order valence-corrected chi connectivity index (χ3v) is 3.32. The Balaban J connectivity index is 1.79. The van der Waals surface area contributed by atoms with Crippen LogP contribution in [0.25, 0.3) is 11.4 Å². The minimum absolute atomic E-state index is 0.148. The molecular weight excluding hydrogens is 268 g/mol. The number of hydrazine groups is 1. The molecule has 3 rings (SSSR count). The summed E-state index contributed by atoms with van der Waals surface area (Å²) in [5, 5.41) is 0. The van der Waals surface area contributed by atoms with Gasteiger partial charge in [0.2, 0.25) is 5.88 Å². The van der Waals surface area contributed by atoms with E-state index in [1.54, 1.807) is 6.07 Å². The summed E-state index contributed by atoms with van der Waals surface area (Å²) >= 11 is 0. The van der Waals surface area contributed by atoms with Gasteiger partial charge < -0.3 is 14.9 Å². The summed E-state index contributed by atoms with van der Waals surface area (Å²) in [7, 11) is 0. The van der Waals surface area contributed by atoms with E-state index in [0.29, 0.717) is 24.1 Å². The molecule has 1 aromatic heterocycles. The van der Waals surface area contributed by atoms with Crippen LogP contribution in [0.2, 0.25) is 0 Å². The molecule has 6 heteroatoms. The highest BCUT2D eigenvalue weighted by Crippen LogP contribution is 2.22. The third kappa shape index (κ3) is 3.48. The van der Waals surface area contributed by atoms with Crippen molar-refractivity contribution < 1.29 is 9.47 Å². The van der Waals surface area contributed by atoms with Gasteiger partial charge in [0, 0.05) is 18.2 Å². The minimum atomic E-state index is 0.148. The first-order valence-electron chi connectivity index (χ1n) is 7.00. The van der Waals surface area contributed by atoms with Crippen LogP contribution in [-0.4, -0.2) is 29.3 Å². The molecule has 1 aliphatic heterocycles. The van der Waals surface area contributed by atoms with Gasteiger partial charge in [-0.2, -0.15) is 4.98 Å². The van der Waals surface area contributed by atoms with Crippen molar-refractivity contribution in [1.82, 2.24) is 9.97 Å². The lowest BCUT2D eigenvalue weighted by molar-refractivity contribution is 0.0663. The summed E-state index contributed by atoms with van der Waals surface area (Å²) in [6.07, 6.45) is 2.26. The molecule has 2 aromatic rings. The lowest BCUT2D eigenvalue weighted by Crippen LogP contribution is -2.17. The number of nitrogen functional groups attached to an aromatic ring is 1. The fourth-order valence-corrected chi connectivity index (χ4v) is 2.24. The lowest BCUT2D eigenvalue weighted by Gasteiger charge is -2.12. The van der Waals surface area contributed by atoms with E-state index in [4.69, 9.17) is 15.3 Å². The Morgan fingerprint density at radius 2 is 2.14 bits per heavy atom. The van der Waals surface area contributed by atoms with Crippen molar-refractivity contribution in [2.45, 2.75) is 18.9 Å². The lowest BCUT2D eigenvalue weighted by atomic mass is 10.2. The van der Waals surface area contributed by atoms with Crippen molar-refractivity contribution in [1.29, 1.82) is 0 Å². The number of anilines is 1. The fraction of sp³-hybridized carbons (Fsp3) is 0.333. The first-order chi connectivity index (χ1) is 10.3. The number of nitrogens with two attached hydrogens (primary N) is 1. The number of rotatable bonds is 5. The number of hydrogen-bond acceptors (Lipinski definition) is 6. The normalized spacial score (nSPS) is 17.7. The first-order valence-corrected chi connectivity index (χ1v) is 7.00. The monoisotopic (exact) mass is 286 g/mol. The molecule has 3 N–H and O–H groups in total. The largest absolute Gasteiger partial charge is 0.475 e. The zero-order valence-corrected chi connectivity index (χ0v) is 11.7. The number of ether oxygens (including phenoxy) is 2. The number of nitrogens with zero attached hydrogens (tertiary/aromatic N) is 2. The minimum Gasteiger partial charge on any atom is -0.475 e. The first kappa shape index (κ1) is 13.8. The molecule has 110 valence electrons. The third-order valence-electron chi connectivity index (χ3n) is 3.32. The average molecular weight is 286 g/mol. The topological polar surface area (TPSA) is 82.3 Å². The van der Waals surface area contributed by atoms with Gasteiger partial charge in [0.25, 0.3) is 0 Å². The maximum atomic E-state index is 5.72. The van der Waals surface area contributed by atoms with Gasteiger partial charge in [-0.05, 0) is 12.8 Å². The van der Waals surface area contributed by atoms with Crippen molar-refractivity contribution in [2.24, 2.45) is 5.84 Å². The van der Waals surface area contributed by atoms with E-state index in [2.05, 4.69) is 15.4 Å². The van der Waals surface area contributed by atoms with E-state index in [1.807, 2.05) is 30.3 Å². The maximum absolute atomic E-state index is 5.72. The van der Waals surface area contributed by atoms with Crippen LogP contribution in [-0.2, 0) is 4.74 Å². The van der Waals surface area contributed by atoms with Crippen LogP contribution in [0.3, 0.4) is 0 Å². The van der Waals surface area contributed by atoms with Crippen molar-refractivity contribution in [3.05, 3.63) is 36.4 Å². The molecule has 0 radical (unpaired) electrons. The van der Waals surface area contributed by atoms with Gasteiger partial charge in [0.15, 0.2) is 5.82 Å². The molecule has 1 unspecified atom stereocenters. The van der Waals surface area contributed by atoms with Crippen LogP contribution in [0.15, 0.2) is 36.4 Å². The summed E-state index contributed by atoms with van der Waals surface area (Å²) in [5.41, 5.74) is 3.46. The fourth-order valence-electron chi connectivity index (χ4n) is 2.24. The molecular formula is C15H18N4O2. The second kappa shape index (κ2) is 6.51. The molecule has 0 amide bonds. The Hall–Kier alpha value is -2.18. The van der Waals surface area contributed by atoms with Crippen LogP contribution >= 0.6 is 0 Å². The Labute approximate surface area is 123 Å². The summed E-state index contributed by atoms with van der Waals surface area (Å²) in [5.74, 6) is 7.05. The molecule has 2 heterocycles. The Morgan fingerprint density at radius 3 is 2.86 bits per heavy atom. The Bertz CT molecular complexity index is 585. The summed E-state index contributed by atoms with van der Waals surface area (Å²) in [4.78, 5) is 8.77. The molecule has 1 saturated heterocycles. The van der Waals surface area contributed by atoms with E-state index < -0.39 is 0 Å². The quantitative estimate of drug-likeness (QED) is 0.646. The van der Waals surface area contributed by atoms with E-state index in [0.717, 1.165) is 25.0 Å². The Kier molecular flexibility index (Phi) is 4.28. The predicted octanol–water partition coefficient (Wildman–Crippen LogP) is 1.99. The number of aromatic nitrogens is 2. The summed E-state index contributed by atoms with van der Waals surface area (Å²) in [6, 6.07) is 11.4. The second-order valence-corrected chi connectivity index (χ2v) is 4.87. The molecule has 0 spiro atoms. The van der Waals surface area contributed by atoms with E-state index in [-0.39, 0.29) is 6.10 Å². The molecule has 21 heavy (non-hydrogen) atoms. The van der Waals surface area contributed by atoms with Gasteiger partial charge >= 0.3 is 0 Å². The number of benzene rings is 1. The van der Waals surface area contributed by atoms with Gasteiger partial charge in [-0.25, -0.2) is 10.8 Å². The van der Waals surface area contributed by atoms with Gasteiger partial charge in [0.05, 0.1) is 6.10 Å². The molecule has 0 aliphatic carbocycles. The highest BCUT2D eigenvalue weighted by molar-refractivity contribution is 5.57. The molecule has 0 bridgehead atoms. The van der Waals surface area contributed by atoms with Gasteiger partial charge in [0.1, 0.15) is 12.4 Å². The number of hydrogen-bond donors (Lipinski definition) is 2. The zero-order valence-electron chi connectivity index (χ0n) is 11.7. The van der Waals surface area contributed by atoms with E-state index >= 15 is 0 Å². The van der Waals surface area contributed by atoms with Crippen molar-refractivity contribution in [3.63, 3.8) is 0 Å². The van der Waals surface area contributed by atoms with Crippen molar-refractivity contribution in [2.75, 3.05) is 18.6 Å². The van der Waals surface area contributed by atoms with Gasteiger partial charge in [-0.3, -0.25) is 0 Å². The summed E-state index contributed by atoms with van der Waals surface area (Å²) < 4.78 is 11.3. The van der Waals surface area contributed by atoms with E-state index in [9.17, 15) is 0 Å². The molecule has 1 aromatic carbocycles. The van der Waals surface area contributed by atoms with Crippen LogP contribution in [0.5, 0.6) is 5.88 Å². The summed E-state index contributed by atoms with van der Waals surface area (Å²) in [6.45, 7) is 1.30. The van der Waals surface area contributed by atoms with Crippen LogP contribution in [0.1, 0.15) is 12.8 Å². The van der Waals surface area contributed by atoms with Crippen molar-refractivity contribution >= 4 is 5.82 Å². The number of nitrogens with one attached hydrogen (secondary N) is 1.